The lowest BCUT2D eigenvalue weighted by Gasteiger charge is -2.03. The van der Waals surface area contributed by atoms with Crippen LogP contribution in [0.2, 0.25) is 0 Å². The van der Waals surface area contributed by atoms with Gasteiger partial charge in [0.15, 0.2) is 0 Å². The van der Waals surface area contributed by atoms with Crippen LogP contribution in [-0.2, 0) is 6.54 Å². The quantitative estimate of drug-likeness (QED) is 0.650. The molecule has 0 bridgehead atoms. The number of rotatable bonds is 1. The molecule has 0 aliphatic carbocycles. The molecule has 4 heteroatoms. The van der Waals surface area contributed by atoms with Crippen molar-refractivity contribution in [3.05, 3.63) is 32.1 Å². The maximum atomic E-state index is 11.4. The SMILES string of the molecule is CCn1c(=O)[nH]c(C)c(C)c1=O. The van der Waals surface area contributed by atoms with Crippen LogP contribution < -0.4 is 11.2 Å². The van der Waals surface area contributed by atoms with E-state index in [4.69, 9.17) is 0 Å². The summed E-state index contributed by atoms with van der Waals surface area (Å²) in [5.74, 6) is 0. The summed E-state index contributed by atoms with van der Waals surface area (Å²) in [5, 5.41) is 0. The lowest BCUT2D eigenvalue weighted by molar-refractivity contribution is 0.660. The molecule has 1 N–H and O–H groups in total. The molecule has 0 spiro atoms. The van der Waals surface area contributed by atoms with Gasteiger partial charge in [0.1, 0.15) is 0 Å². The van der Waals surface area contributed by atoms with Gasteiger partial charge in [-0.3, -0.25) is 9.36 Å². The minimum Gasteiger partial charge on any atom is -0.311 e. The van der Waals surface area contributed by atoms with Crippen LogP contribution in [0.4, 0.5) is 0 Å². The van der Waals surface area contributed by atoms with Gasteiger partial charge in [-0.15, -0.1) is 0 Å². The Morgan fingerprint density at radius 2 is 1.92 bits per heavy atom. The Hall–Kier alpha value is -1.32. The molecule has 0 unspecified atom stereocenters. The van der Waals surface area contributed by atoms with Gasteiger partial charge in [-0.1, -0.05) is 0 Å². The van der Waals surface area contributed by atoms with Crippen LogP contribution in [0.3, 0.4) is 0 Å². The number of aromatic amines is 1. The number of aryl methyl sites for hydroxylation is 1. The van der Waals surface area contributed by atoms with Crippen LogP contribution in [0.5, 0.6) is 0 Å². The summed E-state index contributed by atoms with van der Waals surface area (Å²) in [7, 11) is 0. The fourth-order valence-electron chi connectivity index (χ4n) is 1.06. The third kappa shape index (κ3) is 1.20. The summed E-state index contributed by atoms with van der Waals surface area (Å²) in [5.41, 5.74) is 0.732. The summed E-state index contributed by atoms with van der Waals surface area (Å²) in [6.07, 6.45) is 0. The summed E-state index contributed by atoms with van der Waals surface area (Å²) < 4.78 is 1.18. The Kier molecular flexibility index (Phi) is 2.17. The van der Waals surface area contributed by atoms with Gasteiger partial charge < -0.3 is 4.98 Å². The van der Waals surface area contributed by atoms with E-state index in [1.165, 1.54) is 4.57 Å². The van der Waals surface area contributed by atoms with Crippen LogP contribution in [0.1, 0.15) is 18.2 Å². The second-order valence-electron chi connectivity index (χ2n) is 2.73. The van der Waals surface area contributed by atoms with E-state index < -0.39 is 0 Å². The van der Waals surface area contributed by atoms with E-state index in [1.54, 1.807) is 20.8 Å². The number of hydrogen-bond acceptors (Lipinski definition) is 2. The van der Waals surface area contributed by atoms with Gasteiger partial charge in [0, 0.05) is 17.8 Å². The van der Waals surface area contributed by atoms with E-state index in [0.29, 0.717) is 17.8 Å². The summed E-state index contributed by atoms with van der Waals surface area (Å²) in [6, 6.07) is 0. The second-order valence-corrected chi connectivity index (χ2v) is 2.73. The monoisotopic (exact) mass is 168 g/mol. The maximum Gasteiger partial charge on any atom is 0.328 e. The Labute approximate surface area is 69.9 Å². The van der Waals surface area contributed by atoms with Crippen LogP contribution in [0, 0.1) is 13.8 Å². The Morgan fingerprint density at radius 3 is 2.42 bits per heavy atom. The van der Waals surface area contributed by atoms with E-state index in [-0.39, 0.29) is 11.2 Å². The van der Waals surface area contributed by atoms with Crippen LogP contribution in [0.25, 0.3) is 0 Å². The fraction of sp³-hybridized carbons (Fsp3) is 0.500. The third-order valence-corrected chi connectivity index (χ3v) is 1.98. The number of hydrogen-bond donors (Lipinski definition) is 1. The highest BCUT2D eigenvalue weighted by molar-refractivity contribution is 5.12. The molecule has 4 nitrogen and oxygen atoms in total. The molecule has 0 aliphatic rings. The smallest absolute Gasteiger partial charge is 0.311 e. The second kappa shape index (κ2) is 2.97. The standard InChI is InChI=1S/C8H12N2O2/c1-4-10-7(11)5(2)6(3)9-8(10)12/h4H2,1-3H3,(H,9,12). The van der Waals surface area contributed by atoms with Gasteiger partial charge in [0.25, 0.3) is 5.56 Å². The molecular weight excluding hydrogens is 156 g/mol. The Morgan fingerprint density at radius 1 is 1.33 bits per heavy atom. The van der Waals surface area contributed by atoms with Crippen molar-refractivity contribution >= 4 is 0 Å². The van der Waals surface area contributed by atoms with Crippen molar-refractivity contribution in [2.45, 2.75) is 27.3 Å². The minimum absolute atomic E-state index is 0.196. The van der Waals surface area contributed by atoms with Gasteiger partial charge >= 0.3 is 5.69 Å². The normalized spacial score (nSPS) is 10.2. The predicted octanol–water partition coefficient (Wildman–Crippen LogP) is 0.173. The van der Waals surface area contributed by atoms with Gasteiger partial charge in [0.05, 0.1) is 0 Å². The predicted molar refractivity (Wildman–Crippen MR) is 46.5 cm³/mol. The molecule has 1 rings (SSSR count). The molecule has 0 saturated carbocycles. The zero-order valence-corrected chi connectivity index (χ0v) is 7.47. The molecule has 0 fully saturated rings. The van der Waals surface area contributed by atoms with Gasteiger partial charge in [-0.05, 0) is 20.8 Å². The van der Waals surface area contributed by atoms with E-state index in [2.05, 4.69) is 4.98 Å². The number of aromatic nitrogens is 2. The molecule has 0 atom stereocenters. The Balaban J connectivity index is 3.64. The van der Waals surface area contributed by atoms with Crippen LogP contribution in [0.15, 0.2) is 9.59 Å². The summed E-state index contributed by atoms with van der Waals surface area (Å²) in [4.78, 5) is 25.1. The van der Waals surface area contributed by atoms with Crippen LogP contribution >= 0.6 is 0 Å². The lowest BCUT2D eigenvalue weighted by atomic mass is 10.3. The van der Waals surface area contributed by atoms with Crippen molar-refractivity contribution in [1.29, 1.82) is 0 Å². The first kappa shape index (κ1) is 8.77. The topological polar surface area (TPSA) is 54.9 Å². The fourth-order valence-corrected chi connectivity index (χ4v) is 1.06. The first-order valence-electron chi connectivity index (χ1n) is 3.88. The zero-order valence-electron chi connectivity index (χ0n) is 7.47. The van der Waals surface area contributed by atoms with Gasteiger partial charge in [-0.25, -0.2) is 4.79 Å². The first-order valence-corrected chi connectivity index (χ1v) is 3.88. The summed E-state index contributed by atoms with van der Waals surface area (Å²) in [6.45, 7) is 5.61. The lowest BCUT2D eigenvalue weighted by Crippen LogP contribution is -2.36. The molecule has 0 aliphatic heterocycles. The minimum atomic E-state index is -0.328. The average Bonchev–Trinajstić information content (AvgIpc) is 2.01. The molecule has 0 radical (unpaired) electrons. The maximum absolute atomic E-state index is 11.4. The summed E-state index contributed by atoms with van der Waals surface area (Å²) >= 11 is 0. The number of nitrogens with zero attached hydrogens (tertiary/aromatic N) is 1. The zero-order chi connectivity index (χ0) is 9.30. The Bertz CT molecular complexity index is 400. The molecular formula is C8H12N2O2. The number of nitrogens with one attached hydrogen (secondary N) is 1. The van der Waals surface area contributed by atoms with Gasteiger partial charge in [-0.2, -0.15) is 0 Å². The molecule has 12 heavy (non-hydrogen) atoms. The number of H-pyrrole nitrogens is 1. The molecule has 0 aromatic carbocycles. The molecule has 1 aromatic rings. The highest BCUT2D eigenvalue weighted by Gasteiger charge is 2.04. The largest absolute Gasteiger partial charge is 0.328 e. The van der Waals surface area contributed by atoms with Crippen LogP contribution in [-0.4, -0.2) is 9.55 Å². The average molecular weight is 168 g/mol. The van der Waals surface area contributed by atoms with Crippen molar-refractivity contribution in [2.24, 2.45) is 0 Å². The van der Waals surface area contributed by atoms with E-state index in [1.807, 2.05) is 0 Å². The van der Waals surface area contributed by atoms with Crippen molar-refractivity contribution < 1.29 is 0 Å². The highest BCUT2D eigenvalue weighted by atomic mass is 16.2. The third-order valence-electron chi connectivity index (χ3n) is 1.98. The van der Waals surface area contributed by atoms with Gasteiger partial charge in [0.2, 0.25) is 0 Å². The molecule has 0 amide bonds. The van der Waals surface area contributed by atoms with Crippen molar-refractivity contribution in [2.75, 3.05) is 0 Å². The van der Waals surface area contributed by atoms with Crippen molar-refractivity contribution in [3.8, 4) is 0 Å². The van der Waals surface area contributed by atoms with Crippen molar-refractivity contribution in [1.82, 2.24) is 9.55 Å². The van der Waals surface area contributed by atoms with Crippen molar-refractivity contribution in [3.63, 3.8) is 0 Å². The van der Waals surface area contributed by atoms with E-state index >= 15 is 0 Å². The van der Waals surface area contributed by atoms with E-state index in [0.717, 1.165) is 0 Å². The molecule has 1 heterocycles. The van der Waals surface area contributed by atoms with E-state index in [9.17, 15) is 9.59 Å². The molecule has 66 valence electrons. The molecule has 1 aromatic heterocycles. The highest BCUT2D eigenvalue weighted by Crippen LogP contribution is 1.90. The first-order chi connectivity index (χ1) is 5.57. The molecule has 0 saturated heterocycles.